The van der Waals surface area contributed by atoms with Crippen molar-refractivity contribution in [2.24, 2.45) is 0 Å². The van der Waals surface area contributed by atoms with Gasteiger partial charge in [-0.2, -0.15) is 13.2 Å². The highest BCUT2D eigenvalue weighted by atomic mass is 19.4. The van der Waals surface area contributed by atoms with E-state index in [1.54, 1.807) is 18.2 Å². The lowest BCUT2D eigenvalue weighted by molar-refractivity contribution is -0.137. The van der Waals surface area contributed by atoms with Gasteiger partial charge in [-0.1, -0.05) is 42.5 Å². The Kier molecular flexibility index (Phi) is 4.53. The van der Waals surface area contributed by atoms with Crippen molar-refractivity contribution in [2.45, 2.75) is 12.7 Å². The molecule has 0 N–H and O–H groups in total. The predicted octanol–water partition coefficient (Wildman–Crippen LogP) is 4.31. The van der Waals surface area contributed by atoms with Crippen LogP contribution in [0.15, 0.2) is 60.7 Å². The van der Waals surface area contributed by atoms with Gasteiger partial charge >= 0.3 is 6.18 Å². The molecule has 1 aliphatic heterocycles. The summed E-state index contributed by atoms with van der Waals surface area (Å²) in [6, 6.07) is 11.6. The average molecular weight is 331 g/mol. The van der Waals surface area contributed by atoms with E-state index in [9.17, 15) is 18.0 Å². The highest BCUT2D eigenvalue weighted by molar-refractivity contribution is 6.09. The maximum absolute atomic E-state index is 12.6. The van der Waals surface area contributed by atoms with Crippen LogP contribution in [-0.4, -0.2) is 23.8 Å². The van der Waals surface area contributed by atoms with Gasteiger partial charge in [0.2, 0.25) is 0 Å². The zero-order valence-corrected chi connectivity index (χ0v) is 12.9. The van der Waals surface area contributed by atoms with E-state index >= 15 is 0 Å². The van der Waals surface area contributed by atoms with E-state index in [0.29, 0.717) is 5.56 Å². The van der Waals surface area contributed by atoms with Crippen molar-refractivity contribution in [3.63, 3.8) is 0 Å². The summed E-state index contributed by atoms with van der Waals surface area (Å²) in [7, 11) is 0. The minimum absolute atomic E-state index is 0.253. The second-order valence-corrected chi connectivity index (χ2v) is 5.77. The van der Waals surface area contributed by atoms with Crippen molar-refractivity contribution in [3.8, 4) is 0 Å². The first kappa shape index (κ1) is 16.5. The minimum Gasteiger partial charge on any atom is -0.292 e. The molecule has 0 aliphatic carbocycles. The second-order valence-electron chi connectivity index (χ2n) is 5.77. The number of benzene rings is 2. The molecule has 0 saturated heterocycles. The fourth-order valence-corrected chi connectivity index (χ4v) is 2.70. The predicted molar refractivity (Wildman–Crippen MR) is 85.7 cm³/mol. The summed E-state index contributed by atoms with van der Waals surface area (Å²) in [6.07, 6.45) is -0.209. The normalized spacial score (nSPS) is 15.0. The number of hydrogen-bond donors (Lipinski definition) is 0. The van der Waals surface area contributed by atoms with E-state index in [4.69, 9.17) is 0 Å². The number of halogens is 3. The Balaban J connectivity index is 1.77. The van der Waals surface area contributed by atoms with E-state index in [1.807, 2.05) is 6.07 Å². The monoisotopic (exact) mass is 331 g/mol. The van der Waals surface area contributed by atoms with Crippen LogP contribution in [-0.2, 0) is 12.7 Å². The number of ketones is 1. The lowest BCUT2D eigenvalue weighted by atomic mass is 10.00. The molecule has 1 aliphatic rings. The average Bonchev–Trinajstić information content (AvgIpc) is 3.07. The highest BCUT2D eigenvalue weighted by Gasteiger charge is 2.30. The van der Waals surface area contributed by atoms with Gasteiger partial charge in [0.05, 0.1) is 5.56 Å². The van der Waals surface area contributed by atoms with Crippen molar-refractivity contribution < 1.29 is 18.0 Å². The van der Waals surface area contributed by atoms with Crippen LogP contribution in [0, 0.1) is 0 Å². The maximum Gasteiger partial charge on any atom is 0.416 e. The van der Waals surface area contributed by atoms with Crippen molar-refractivity contribution in [3.05, 3.63) is 82.9 Å². The number of carbonyl (C=O) groups excluding carboxylic acids is 1. The Bertz CT molecular complexity index is 755. The zero-order chi connectivity index (χ0) is 17.2. The third kappa shape index (κ3) is 3.74. The molecule has 5 heteroatoms. The van der Waals surface area contributed by atoms with Crippen LogP contribution in [0.25, 0.3) is 0 Å². The minimum atomic E-state index is -4.40. The van der Waals surface area contributed by atoms with Gasteiger partial charge in [0.1, 0.15) is 0 Å². The summed E-state index contributed by atoms with van der Waals surface area (Å²) in [5.41, 5.74) is 0.994. The Morgan fingerprint density at radius 2 is 1.62 bits per heavy atom. The standard InChI is InChI=1S/C19H16F3NO/c20-19(21,22)17-8-6-15(7-9-17)18(24)16-5-3-4-14(12-16)13-23-10-1-2-11-23/h1-9,12H,10-11,13H2. The summed E-state index contributed by atoms with van der Waals surface area (Å²) in [5.74, 6) is -0.273. The smallest absolute Gasteiger partial charge is 0.292 e. The van der Waals surface area contributed by atoms with Crippen LogP contribution < -0.4 is 0 Å². The van der Waals surface area contributed by atoms with Crippen LogP contribution in [0.2, 0.25) is 0 Å². The van der Waals surface area contributed by atoms with Gasteiger partial charge in [0, 0.05) is 30.8 Å². The molecule has 2 aromatic rings. The fourth-order valence-electron chi connectivity index (χ4n) is 2.70. The zero-order valence-electron chi connectivity index (χ0n) is 12.9. The Labute approximate surface area is 138 Å². The lowest BCUT2D eigenvalue weighted by Crippen LogP contribution is -2.19. The highest BCUT2D eigenvalue weighted by Crippen LogP contribution is 2.29. The molecule has 1 heterocycles. The molecular formula is C19H16F3NO. The summed E-state index contributed by atoms with van der Waals surface area (Å²) in [5, 5.41) is 0. The fraction of sp³-hybridized carbons (Fsp3) is 0.211. The van der Waals surface area contributed by atoms with E-state index in [1.165, 1.54) is 12.1 Å². The quantitative estimate of drug-likeness (QED) is 0.615. The third-order valence-electron chi connectivity index (χ3n) is 3.96. The molecule has 2 nitrogen and oxygen atoms in total. The lowest BCUT2D eigenvalue weighted by Gasteiger charge is -2.15. The van der Waals surface area contributed by atoms with Crippen LogP contribution in [0.3, 0.4) is 0 Å². The van der Waals surface area contributed by atoms with Gasteiger partial charge in [-0.3, -0.25) is 9.69 Å². The van der Waals surface area contributed by atoms with Crippen LogP contribution >= 0.6 is 0 Å². The number of hydrogen-bond acceptors (Lipinski definition) is 2. The maximum atomic E-state index is 12.6. The molecule has 0 saturated carbocycles. The van der Waals surface area contributed by atoms with E-state index in [2.05, 4.69) is 17.1 Å². The molecule has 0 amide bonds. The first-order chi connectivity index (χ1) is 11.4. The van der Waals surface area contributed by atoms with Gasteiger partial charge < -0.3 is 0 Å². The number of alkyl halides is 3. The van der Waals surface area contributed by atoms with E-state index in [0.717, 1.165) is 37.3 Å². The largest absolute Gasteiger partial charge is 0.416 e. The van der Waals surface area contributed by atoms with Gasteiger partial charge in [0.25, 0.3) is 0 Å². The van der Waals surface area contributed by atoms with Crippen molar-refractivity contribution in [2.75, 3.05) is 13.1 Å². The first-order valence-corrected chi connectivity index (χ1v) is 7.62. The van der Waals surface area contributed by atoms with Crippen molar-refractivity contribution in [1.29, 1.82) is 0 Å². The van der Waals surface area contributed by atoms with Gasteiger partial charge in [0.15, 0.2) is 5.78 Å². The van der Waals surface area contributed by atoms with Gasteiger partial charge in [-0.15, -0.1) is 0 Å². The summed E-state index contributed by atoms with van der Waals surface area (Å²) in [4.78, 5) is 14.7. The first-order valence-electron chi connectivity index (χ1n) is 7.62. The van der Waals surface area contributed by atoms with Crippen LogP contribution in [0.4, 0.5) is 13.2 Å². The van der Waals surface area contributed by atoms with E-state index in [-0.39, 0.29) is 11.3 Å². The molecule has 0 aromatic heterocycles. The van der Waals surface area contributed by atoms with Gasteiger partial charge in [-0.05, 0) is 23.8 Å². The van der Waals surface area contributed by atoms with E-state index < -0.39 is 11.7 Å². The summed E-state index contributed by atoms with van der Waals surface area (Å²) < 4.78 is 37.8. The Hall–Kier alpha value is -2.40. The molecule has 0 spiro atoms. The molecule has 0 unspecified atom stereocenters. The van der Waals surface area contributed by atoms with Crippen LogP contribution in [0.5, 0.6) is 0 Å². The van der Waals surface area contributed by atoms with Gasteiger partial charge in [-0.25, -0.2) is 0 Å². The van der Waals surface area contributed by atoms with Crippen molar-refractivity contribution in [1.82, 2.24) is 4.90 Å². The molecule has 24 heavy (non-hydrogen) atoms. The molecule has 3 rings (SSSR count). The Morgan fingerprint density at radius 1 is 0.958 bits per heavy atom. The third-order valence-corrected chi connectivity index (χ3v) is 3.96. The number of rotatable bonds is 4. The molecule has 0 atom stereocenters. The Morgan fingerprint density at radius 3 is 2.25 bits per heavy atom. The topological polar surface area (TPSA) is 20.3 Å². The van der Waals surface area contributed by atoms with Crippen molar-refractivity contribution >= 4 is 5.78 Å². The number of carbonyl (C=O) groups is 1. The molecule has 0 radical (unpaired) electrons. The number of nitrogens with zero attached hydrogens (tertiary/aromatic N) is 1. The van der Waals surface area contributed by atoms with Crippen LogP contribution in [0.1, 0.15) is 27.0 Å². The summed E-state index contributed by atoms with van der Waals surface area (Å²) in [6.45, 7) is 2.51. The molecule has 2 aromatic carbocycles. The molecule has 0 bridgehead atoms. The molecule has 0 fully saturated rings. The SMILES string of the molecule is O=C(c1ccc(C(F)(F)F)cc1)c1cccc(CN2CC=CC2)c1. The second kappa shape index (κ2) is 6.61. The molecule has 124 valence electrons. The molecular weight excluding hydrogens is 315 g/mol. The summed E-state index contributed by atoms with van der Waals surface area (Å²) >= 11 is 0.